The molecule has 0 radical (unpaired) electrons. The van der Waals surface area contributed by atoms with Crippen molar-refractivity contribution in [3.63, 3.8) is 0 Å². The number of carboxylic acid groups (broad SMARTS) is 1. The minimum Gasteiger partial charge on any atom is -0.480 e. The predicted molar refractivity (Wildman–Crippen MR) is 306 cm³/mol. The lowest BCUT2D eigenvalue weighted by atomic mass is 10.0. The van der Waals surface area contributed by atoms with Crippen molar-refractivity contribution in [2.75, 3.05) is 31.1 Å². The monoisotopic (exact) mass is 1140 g/mol. The second-order valence-corrected chi connectivity index (χ2v) is 19.1. The van der Waals surface area contributed by atoms with Gasteiger partial charge in [-0.05, 0) is 68.7 Å². The average molecular weight is 1140 g/mol. The molecule has 7 amide bonds. The molecule has 0 aliphatic carbocycles. The molecule has 2 aromatic heterocycles. The van der Waals surface area contributed by atoms with Gasteiger partial charge in [0.15, 0.2) is 17.9 Å². The van der Waals surface area contributed by atoms with Crippen molar-refractivity contribution in [2.24, 2.45) is 55.1 Å². The van der Waals surface area contributed by atoms with Crippen LogP contribution in [0, 0.1) is 0 Å². The molecule has 0 spiro atoms. The molecular weight excluding hydrogens is 1060 g/mol. The first-order chi connectivity index (χ1) is 37.6. The highest BCUT2D eigenvalue weighted by Gasteiger charge is 2.34. The minimum atomic E-state index is -1.45. The molecule has 30 heteroatoms. The van der Waals surface area contributed by atoms with E-state index in [1.807, 2.05) is 24.3 Å². The van der Waals surface area contributed by atoms with Crippen molar-refractivity contribution in [1.29, 1.82) is 0 Å². The smallest absolute Gasteiger partial charge is 0.327 e. The summed E-state index contributed by atoms with van der Waals surface area (Å²) in [5, 5.41) is 29.5. The number of nitrogens with one attached hydrogen (secondary N) is 9. The fraction of sp³-hybridized carbons (Fsp3) is 0.449. The lowest BCUT2D eigenvalue weighted by molar-refractivity contribution is -0.141. The van der Waals surface area contributed by atoms with Gasteiger partial charge in [0.1, 0.15) is 42.3 Å². The van der Waals surface area contributed by atoms with Crippen molar-refractivity contribution in [2.45, 2.75) is 107 Å². The quantitative estimate of drug-likeness (QED) is 0.00944. The zero-order valence-electron chi connectivity index (χ0n) is 43.6. The summed E-state index contributed by atoms with van der Waals surface area (Å²) in [7, 11) is 0. The largest absolute Gasteiger partial charge is 0.480 e. The van der Waals surface area contributed by atoms with E-state index in [-0.39, 0.29) is 94.0 Å². The number of nitrogens with two attached hydrogens (primary N) is 7. The number of nitrogens with zero attached hydrogens (tertiary/aromatic N) is 3. The van der Waals surface area contributed by atoms with Crippen molar-refractivity contribution in [3.05, 3.63) is 72.1 Å². The van der Waals surface area contributed by atoms with Gasteiger partial charge in [-0.1, -0.05) is 36.4 Å². The number of carbonyl (C=O) groups is 8. The average Bonchev–Trinajstić information content (AvgIpc) is 4.05. The topological polar surface area (TPSA) is 492 Å². The number of amides is 7. The van der Waals surface area contributed by atoms with Gasteiger partial charge in [0, 0.05) is 78.2 Å². The van der Waals surface area contributed by atoms with Gasteiger partial charge < -0.3 is 92.4 Å². The van der Waals surface area contributed by atoms with Gasteiger partial charge >= 0.3 is 5.97 Å². The predicted octanol–water partition coefficient (Wildman–Crippen LogP) is -3.72. The van der Waals surface area contributed by atoms with Gasteiger partial charge in [0.2, 0.25) is 41.4 Å². The fourth-order valence-corrected chi connectivity index (χ4v) is 8.58. The van der Waals surface area contributed by atoms with Gasteiger partial charge in [-0.2, -0.15) is 25.3 Å². The van der Waals surface area contributed by atoms with Crippen LogP contribution >= 0.6 is 25.3 Å². The molecule has 4 rings (SSSR count). The van der Waals surface area contributed by atoms with E-state index in [1.54, 1.807) is 36.7 Å². The van der Waals surface area contributed by atoms with Crippen LogP contribution in [-0.2, 0) is 51.2 Å². The van der Waals surface area contributed by atoms with Crippen LogP contribution in [0.1, 0.15) is 56.6 Å². The molecule has 0 aliphatic heterocycles. The number of aliphatic imine (C=N–C) groups is 3. The van der Waals surface area contributed by atoms with Crippen molar-refractivity contribution in [3.8, 4) is 0 Å². The lowest BCUT2D eigenvalue weighted by Gasteiger charge is -2.27. The number of para-hydroxylation sites is 2. The number of H-pyrrole nitrogens is 2. The third-order valence-electron chi connectivity index (χ3n) is 12.3. The van der Waals surface area contributed by atoms with Crippen molar-refractivity contribution < 1.29 is 43.5 Å². The molecule has 430 valence electrons. The SMILES string of the molecule is C[C@@H](NC(=O)[C@H](CS)NC(=O)[C@@H](N)CCCN=C(N)N)C(=O)N[C@@H](CCCN=C(N)N)C(=O)N[C@H](Cc1c[nH]c2ccccc12)C(=O)N[C@@H](CCCN=C(N)N)C(=O)N[C@H](Cc1c[nH]c2ccccc12)C(=O)N[C@@H](CS)C(=O)O. The van der Waals surface area contributed by atoms with Crippen LogP contribution in [0.25, 0.3) is 21.8 Å². The zero-order chi connectivity index (χ0) is 58.2. The third-order valence-corrected chi connectivity index (χ3v) is 13.0. The first-order valence-electron chi connectivity index (χ1n) is 25.2. The summed E-state index contributed by atoms with van der Waals surface area (Å²) < 4.78 is 0. The van der Waals surface area contributed by atoms with Gasteiger partial charge in [-0.25, -0.2) is 4.79 Å². The van der Waals surface area contributed by atoms with Crippen molar-refractivity contribution >= 4 is 112 Å². The van der Waals surface area contributed by atoms with E-state index in [1.165, 1.54) is 6.92 Å². The Kier molecular flexibility index (Phi) is 25.5. The molecule has 0 bridgehead atoms. The van der Waals surface area contributed by atoms with E-state index in [9.17, 15) is 43.5 Å². The van der Waals surface area contributed by atoms with Crippen LogP contribution in [0.2, 0.25) is 0 Å². The summed E-state index contributed by atoms with van der Waals surface area (Å²) in [5.41, 5.74) is 41.6. The summed E-state index contributed by atoms with van der Waals surface area (Å²) >= 11 is 8.28. The molecule has 0 unspecified atom stereocenters. The van der Waals surface area contributed by atoms with Gasteiger partial charge in [0.25, 0.3) is 0 Å². The number of aromatic nitrogens is 2. The standard InChI is InChI=1S/C49H73N19O9S2/c1-25(62-45(75)37(23-78)67-40(70)30(50)11-6-16-57-47(51)52)39(69)63-33(14-7-17-58-48(53)54)41(71)65-35(19-26-21-60-31-12-4-2-9-28(26)31)43(73)64-34(15-8-18-59-49(55)56)42(72)66-36(44(74)68-38(24-79)46(76)77)20-27-22-61-32-13-5-3-10-29(27)32/h2-5,9-10,12-13,21-22,25,30,33-38,60-61,78-79H,6-8,11,14-20,23-24,50H2,1H3,(H,62,75)(H,63,69)(H,64,73)(H,65,71)(H,66,72)(H,67,70)(H,68,74)(H,76,77)(H4,51,52,57)(H4,53,54,58)(H4,55,56,59)/t25-,30+,33+,34+,35-,36-,37+,38+/m1/s1. The number of aliphatic carboxylic acids is 1. The Bertz CT molecular complexity index is 2830. The Morgan fingerprint density at radius 3 is 1.27 bits per heavy atom. The van der Waals surface area contributed by atoms with E-state index in [4.69, 9.17) is 40.1 Å². The maximum Gasteiger partial charge on any atom is 0.327 e. The fourth-order valence-electron chi connectivity index (χ4n) is 8.08. The van der Waals surface area contributed by atoms with Gasteiger partial charge in [-0.3, -0.25) is 48.5 Å². The maximum atomic E-state index is 14.8. The molecule has 0 fully saturated rings. The molecule has 24 N–H and O–H groups in total. The Labute approximate surface area is 466 Å². The number of carboxylic acids is 1. The molecule has 28 nitrogen and oxygen atoms in total. The van der Waals surface area contributed by atoms with E-state index in [0.29, 0.717) is 28.5 Å². The van der Waals surface area contributed by atoms with Crippen LogP contribution < -0.4 is 77.4 Å². The summed E-state index contributed by atoms with van der Waals surface area (Å²) in [6, 6.07) is 3.82. The molecule has 8 atom stereocenters. The van der Waals surface area contributed by atoms with E-state index in [0.717, 1.165) is 10.9 Å². The molecule has 0 saturated heterocycles. The first kappa shape index (κ1) is 63.3. The number of hydrogen-bond acceptors (Lipinski definition) is 14. The number of aromatic amines is 2. The molecule has 0 aliphatic rings. The van der Waals surface area contributed by atoms with E-state index in [2.05, 4.69) is 87.4 Å². The highest BCUT2D eigenvalue weighted by molar-refractivity contribution is 7.80. The van der Waals surface area contributed by atoms with Crippen LogP contribution in [0.15, 0.2) is 75.9 Å². The lowest BCUT2D eigenvalue weighted by Crippen LogP contribution is -2.60. The number of fused-ring (bicyclic) bond motifs is 2. The summed E-state index contributed by atoms with van der Waals surface area (Å²) in [4.78, 5) is 128. The number of guanidine groups is 3. The molecule has 79 heavy (non-hydrogen) atoms. The molecule has 2 aromatic carbocycles. The first-order valence-corrected chi connectivity index (χ1v) is 26.5. The van der Waals surface area contributed by atoms with Crippen molar-refractivity contribution in [1.82, 2.24) is 47.2 Å². The second-order valence-electron chi connectivity index (χ2n) is 18.4. The van der Waals surface area contributed by atoms with E-state index >= 15 is 0 Å². The second kappa shape index (κ2) is 31.8. The van der Waals surface area contributed by atoms with Crippen LogP contribution in [0.4, 0.5) is 0 Å². The number of rotatable bonds is 33. The third kappa shape index (κ3) is 20.6. The molecule has 4 aromatic rings. The Morgan fingerprint density at radius 2 is 0.848 bits per heavy atom. The highest BCUT2D eigenvalue weighted by Crippen LogP contribution is 2.21. The zero-order valence-corrected chi connectivity index (χ0v) is 45.4. The number of thiol groups is 2. The highest BCUT2D eigenvalue weighted by atomic mass is 32.1. The Hall–Kier alpha value is -8.25. The van der Waals surface area contributed by atoms with Crippen LogP contribution in [0.3, 0.4) is 0 Å². The minimum absolute atomic E-state index is 0.0277. The normalized spacial score (nSPS) is 14.1. The Balaban J connectivity index is 1.64. The molecule has 0 saturated carbocycles. The maximum absolute atomic E-state index is 14.8. The number of hydrogen-bond donors (Lipinski definition) is 19. The summed E-state index contributed by atoms with van der Waals surface area (Å²) in [6.45, 7) is 1.64. The van der Waals surface area contributed by atoms with Crippen LogP contribution in [-0.4, -0.2) is 160 Å². The number of benzene rings is 2. The van der Waals surface area contributed by atoms with Gasteiger partial charge in [0.05, 0.1) is 6.04 Å². The Morgan fingerprint density at radius 1 is 0.494 bits per heavy atom. The number of carbonyl (C=O) groups excluding carboxylic acids is 7. The van der Waals surface area contributed by atoms with E-state index < -0.39 is 95.7 Å². The van der Waals surface area contributed by atoms with Gasteiger partial charge in [-0.15, -0.1) is 0 Å². The summed E-state index contributed by atoms with van der Waals surface area (Å²) in [6.07, 6.45) is 3.70. The molecular formula is C49H73N19O9S2. The van der Waals surface area contributed by atoms with Crippen LogP contribution in [0.5, 0.6) is 0 Å². The molecule has 2 heterocycles. The summed E-state index contributed by atoms with van der Waals surface area (Å²) in [5.74, 6) is -8.06.